The molecule has 0 radical (unpaired) electrons. The zero-order valence-electron chi connectivity index (χ0n) is 8.79. The van der Waals surface area contributed by atoms with E-state index in [9.17, 15) is 4.79 Å². The second kappa shape index (κ2) is 9.52. The van der Waals surface area contributed by atoms with Crippen molar-refractivity contribution in [3.05, 3.63) is 0 Å². The molecule has 0 aromatic carbocycles. The van der Waals surface area contributed by atoms with E-state index < -0.39 is 0 Å². The third-order valence-corrected chi connectivity index (χ3v) is 1.99. The van der Waals surface area contributed by atoms with Gasteiger partial charge < -0.3 is 9.64 Å². The molecule has 0 saturated heterocycles. The lowest BCUT2D eigenvalue weighted by molar-refractivity contribution is -0.118. The van der Waals surface area contributed by atoms with E-state index in [-0.39, 0.29) is 0 Å². The van der Waals surface area contributed by atoms with Crippen molar-refractivity contribution in [2.75, 3.05) is 26.8 Å². The lowest BCUT2D eigenvalue weighted by Crippen LogP contribution is -2.25. The van der Waals surface area contributed by atoms with Crippen LogP contribution in [0.1, 0.15) is 32.6 Å². The molecule has 0 rings (SSSR count). The van der Waals surface area contributed by atoms with Gasteiger partial charge in [0, 0.05) is 26.8 Å². The average Bonchev–Trinajstić information content (AvgIpc) is 2.16. The van der Waals surface area contributed by atoms with Crippen LogP contribution < -0.4 is 0 Å². The van der Waals surface area contributed by atoms with Crippen LogP contribution in [0.2, 0.25) is 0 Å². The van der Waals surface area contributed by atoms with Crippen LogP contribution >= 0.6 is 0 Å². The zero-order valence-corrected chi connectivity index (χ0v) is 8.79. The largest absolute Gasteiger partial charge is 0.385 e. The SMILES string of the molecule is CCCCCN(C=O)CCCOC. The third kappa shape index (κ3) is 7.78. The van der Waals surface area contributed by atoms with Crippen LogP contribution in [0, 0.1) is 0 Å². The number of carbonyl (C=O) groups is 1. The minimum absolute atomic E-state index is 0.734. The lowest BCUT2D eigenvalue weighted by atomic mass is 10.2. The van der Waals surface area contributed by atoms with E-state index in [0.717, 1.165) is 38.9 Å². The molecular formula is C10H21NO2. The molecule has 0 heterocycles. The zero-order chi connectivity index (χ0) is 9.94. The Morgan fingerprint density at radius 2 is 1.92 bits per heavy atom. The Hall–Kier alpha value is -0.570. The number of rotatable bonds is 9. The molecule has 0 atom stereocenters. The van der Waals surface area contributed by atoms with E-state index in [0.29, 0.717) is 0 Å². The van der Waals surface area contributed by atoms with Gasteiger partial charge in [0.15, 0.2) is 0 Å². The van der Waals surface area contributed by atoms with Gasteiger partial charge in [-0.1, -0.05) is 19.8 Å². The summed E-state index contributed by atoms with van der Waals surface area (Å²) in [5.41, 5.74) is 0. The van der Waals surface area contributed by atoms with E-state index in [1.165, 1.54) is 12.8 Å². The molecule has 0 aliphatic carbocycles. The van der Waals surface area contributed by atoms with Crippen LogP contribution in [0.15, 0.2) is 0 Å². The number of amides is 1. The summed E-state index contributed by atoms with van der Waals surface area (Å²) < 4.78 is 4.92. The molecule has 0 spiro atoms. The maximum Gasteiger partial charge on any atom is 0.209 e. The molecule has 3 nitrogen and oxygen atoms in total. The summed E-state index contributed by atoms with van der Waals surface area (Å²) in [4.78, 5) is 12.4. The predicted octanol–water partition coefficient (Wildman–Crippen LogP) is 1.67. The fraction of sp³-hybridized carbons (Fsp3) is 0.900. The van der Waals surface area contributed by atoms with Gasteiger partial charge in [-0.3, -0.25) is 4.79 Å². The van der Waals surface area contributed by atoms with Crippen molar-refractivity contribution in [1.29, 1.82) is 0 Å². The second-order valence-electron chi connectivity index (χ2n) is 3.19. The first-order chi connectivity index (χ1) is 6.35. The van der Waals surface area contributed by atoms with Gasteiger partial charge in [-0.15, -0.1) is 0 Å². The van der Waals surface area contributed by atoms with Crippen molar-refractivity contribution in [1.82, 2.24) is 4.90 Å². The number of nitrogens with zero attached hydrogens (tertiary/aromatic N) is 1. The molecular weight excluding hydrogens is 166 g/mol. The molecule has 3 heteroatoms. The summed E-state index contributed by atoms with van der Waals surface area (Å²) in [5, 5.41) is 0. The van der Waals surface area contributed by atoms with E-state index in [1.807, 2.05) is 4.90 Å². The summed E-state index contributed by atoms with van der Waals surface area (Å²) in [6, 6.07) is 0. The molecule has 1 amide bonds. The van der Waals surface area contributed by atoms with Gasteiger partial charge in [-0.05, 0) is 12.8 Å². The van der Waals surface area contributed by atoms with Crippen LogP contribution in [0.5, 0.6) is 0 Å². The molecule has 0 fully saturated rings. The highest BCUT2D eigenvalue weighted by atomic mass is 16.5. The first-order valence-electron chi connectivity index (χ1n) is 5.03. The van der Waals surface area contributed by atoms with Crippen LogP contribution in [0.3, 0.4) is 0 Å². The molecule has 0 bridgehead atoms. The Kier molecular flexibility index (Phi) is 9.10. The van der Waals surface area contributed by atoms with Crippen molar-refractivity contribution in [3.63, 3.8) is 0 Å². The highest BCUT2D eigenvalue weighted by molar-refractivity contribution is 5.46. The normalized spacial score (nSPS) is 10.0. The summed E-state index contributed by atoms with van der Waals surface area (Å²) in [6.07, 6.45) is 5.38. The monoisotopic (exact) mass is 187 g/mol. The van der Waals surface area contributed by atoms with Gasteiger partial charge in [-0.25, -0.2) is 0 Å². The van der Waals surface area contributed by atoms with E-state index in [4.69, 9.17) is 4.74 Å². The van der Waals surface area contributed by atoms with Gasteiger partial charge >= 0.3 is 0 Å². The summed E-state index contributed by atoms with van der Waals surface area (Å²) in [6.45, 7) is 4.61. The first-order valence-corrected chi connectivity index (χ1v) is 5.03. The van der Waals surface area contributed by atoms with Crippen LogP contribution in [0.25, 0.3) is 0 Å². The highest BCUT2D eigenvalue weighted by Crippen LogP contribution is 1.97. The van der Waals surface area contributed by atoms with Crippen LogP contribution in [-0.2, 0) is 9.53 Å². The van der Waals surface area contributed by atoms with E-state index >= 15 is 0 Å². The van der Waals surface area contributed by atoms with Gasteiger partial charge in [0.2, 0.25) is 6.41 Å². The maximum absolute atomic E-state index is 10.6. The smallest absolute Gasteiger partial charge is 0.209 e. The minimum atomic E-state index is 0.734. The topological polar surface area (TPSA) is 29.5 Å². The Morgan fingerprint density at radius 1 is 1.23 bits per heavy atom. The van der Waals surface area contributed by atoms with E-state index in [1.54, 1.807) is 7.11 Å². The molecule has 78 valence electrons. The standard InChI is InChI=1S/C10H21NO2/c1-3-4-5-7-11(10-12)8-6-9-13-2/h10H,3-9H2,1-2H3. The van der Waals surface area contributed by atoms with Crippen molar-refractivity contribution in [2.45, 2.75) is 32.6 Å². The third-order valence-electron chi connectivity index (χ3n) is 1.99. The molecule has 0 aromatic rings. The van der Waals surface area contributed by atoms with Crippen molar-refractivity contribution in [2.24, 2.45) is 0 Å². The van der Waals surface area contributed by atoms with E-state index in [2.05, 4.69) is 6.92 Å². The van der Waals surface area contributed by atoms with Gasteiger partial charge in [0.05, 0.1) is 0 Å². The molecule has 0 aromatic heterocycles. The number of hydrogen-bond donors (Lipinski definition) is 0. The quantitative estimate of drug-likeness (QED) is 0.406. The number of methoxy groups -OCH3 is 1. The molecule has 0 aliphatic rings. The van der Waals surface area contributed by atoms with Crippen LogP contribution in [0.4, 0.5) is 0 Å². The summed E-state index contributed by atoms with van der Waals surface area (Å²) >= 11 is 0. The number of carbonyl (C=O) groups excluding carboxylic acids is 1. The maximum atomic E-state index is 10.6. The summed E-state index contributed by atoms with van der Waals surface area (Å²) in [5.74, 6) is 0. The van der Waals surface area contributed by atoms with Crippen molar-refractivity contribution >= 4 is 6.41 Å². The second-order valence-corrected chi connectivity index (χ2v) is 3.19. The van der Waals surface area contributed by atoms with Crippen molar-refractivity contribution in [3.8, 4) is 0 Å². The number of ether oxygens (including phenoxy) is 1. The first kappa shape index (κ1) is 12.4. The Morgan fingerprint density at radius 3 is 2.46 bits per heavy atom. The van der Waals surface area contributed by atoms with Gasteiger partial charge in [-0.2, -0.15) is 0 Å². The lowest BCUT2D eigenvalue weighted by Gasteiger charge is -2.16. The van der Waals surface area contributed by atoms with Crippen LogP contribution in [-0.4, -0.2) is 38.1 Å². The number of unbranched alkanes of at least 4 members (excludes halogenated alkanes) is 2. The summed E-state index contributed by atoms with van der Waals surface area (Å²) in [7, 11) is 1.68. The Balaban J connectivity index is 3.34. The van der Waals surface area contributed by atoms with Gasteiger partial charge in [0.1, 0.15) is 0 Å². The molecule has 0 unspecified atom stereocenters. The Labute approximate surface area is 81.1 Å². The van der Waals surface area contributed by atoms with Crippen molar-refractivity contribution < 1.29 is 9.53 Å². The molecule has 0 N–H and O–H groups in total. The molecule has 0 saturated carbocycles. The molecule has 13 heavy (non-hydrogen) atoms. The predicted molar refractivity (Wildman–Crippen MR) is 53.7 cm³/mol. The highest BCUT2D eigenvalue weighted by Gasteiger charge is 1.99. The molecule has 0 aliphatic heterocycles. The number of hydrogen-bond acceptors (Lipinski definition) is 2. The fourth-order valence-corrected chi connectivity index (χ4v) is 1.19. The Bertz CT molecular complexity index is 107. The average molecular weight is 187 g/mol. The minimum Gasteiger partial charge on any atom is -0.385 e. The van der Waals surface area contributed by atoms with Gasteiger partial charge in [0.25, 0.3) is 0 Å². The fourth-order valence-electron chi connectivity index (χ4n) is 1.19.